The first kappa shape index (κ1) is 21.6. The van der Waals surface area contributed by atoms with Crippen molar-refractivity contribution < 1.29 is 4.52 Å². The third-order valence-corrected chi connectivity index (χ3v) is 4.69. The predicted molar refractivity (Wildman–Crippen MR) is 119 cm³/mol. The Morgan fingerprint density at radius 3 is 2.53 bits per heavy atom. The molecule has 2 aromatic carbocycles. The summed E-state index contributed by atoms with van der Waals surface area (Å²) in [5, 5.41) is 4.16. The first-order valence-corrected chi connectivity index (χ1v) is 9.63. The van der Waals surface area contributed by atoms with E-state index >= 15 is 0 Å². The lowest BCUT2D eigenvalue weighted by Gasteiger charge is -2.13. The predicted octanol–water partition coefficient (Wildman–Crippen LogP) is 4.60. The summed E-state index contributed by atoms with van der Waals surface area (Å²) in [6.07, 6.45) is 2.75. The number of hydrogen-bond acceptors (Lipinski definition) is 6. The fourth-order valence-corrected chi connectivity index (χ4v) is 3.15. The molecule has 0 saturated heterocycles. The van der Waals surface area contributed by atoms with Crippen molar-refractivity contribution in [2.24, 2.45) is 0 Å². The van der Waals surface area contributed by atoms with Crippen LogP contribution in [-0.2, 0) is 13.0 Å². The van der Waals surface area contributed by atoms with E-state index in [0.29, 0.717) is 18.3 Å². The molecule has 154 valence electrons. The van der Waals surface area contributed by atoms with Crippen molar-refractivity contribution in [3.63, 3.8) is 0 Å². The molecule has 2 heterocycles. The monoisotopic (exact) mass is 421 g/mol. The fourth-order valence-electron chi connectivity index (χ4n) is 3.15. The van der Waals surface area contributed by atoms with Crippen molar-refractivity contribution in [3.05, 3.63) is 84.1 Å². The van der Waals surface area contributed by atoms with Crippen LogP contribution < -0.4 is 0 Å². The molecular formula is C23H24ClN5O. The van der Waals surface area contributed by atoms with Crippen molar-refractivity contribution in [3.8, 4) is 22.6 Å². The van der Waals surface area contributed by atoms with Crippen LogP contribution in [0, 0.1) is 6.92 Å². The molecule has 0 N–H and O–H groups in total. The lowest BCUT2D eigenvalue weighted by molar-refractivity contribution is 0.269. The van der Waals surface area contributed by atoms with Crippen LogP contribution in [0.4, 0.5) is 0 Å². The summed E-state index contributed by atoms with van der Waals surface area (Å²) in [6.45, 7) is 3.42. The molecule has 0 fully saturated rings. The van der Waals surface area contributed by atoms with Crippen LogP contribution in [0.1, 0.15) is 17.3 Å². The lowest BCUT2D eigenvalue weighted by Crippen LogP contribution is -2.20. The number of aromatic nitrogens is 4. The second-order valence-electron chi connectivity index (χ2n) is 7.06. The van der Waals surface area contributed by atoms with Gasteiger partial charge in [-0.05, 0) is 38.1 Å². The van der Waals surface area contributed by atoms with Crippen molar-refractivity contribution in [2.75, 3.05) is 13.6 Å². The molecule has 0 unspecified atom stereocenters. The Labute approximate surface area is 182 Å². The highest BCUT2D eigenvalue weighted by Crippen LogP contribution is 2.23. The largest absolute Gasteiger partial charge is 0.338 e. The Morgan fingerprint density at radius 1 is 0.933 bits per heavy atom. The summed E-state index contributed by atoms with van der Waals surface area (Å²) in [4.78, 5) is 15.4. The van der Waals surface area contributed by atoms with E-state index in [-0.39, 0.29) is 12.4 Å². The Hall–Kier alpha value is -3.09. The van der Waals surface area contributed by atoms with Crippen molar-refractivity contribution in [2.45, 2.75) is 19.9 Å². The summed E-state index contributed by atoms with van der Waals surface area (Å²) in [5.41, 5.74) is 4.10. The highest BCUT2D eigenvalue weighted by molar-refractivity contribution is 5.85. The third-order valence-electron chi connectivity index (χ3n) is 4.69. The number of hydrogen-bond donors (Lipinski definition) is 0. The van der Waals surface area contributed by atoms with E-state index in [9.17, 15) is 0 Å². The molecule has 0 spiro atoms. The number of likely N-dealkylation sites (N-methyl/N-ethyl adjacent to an activating group) is 1. The zero-order chi connectivity index (χ0) is 20.1. The van der Waals surface area contributed by atoms with Gasteiger partial charge < -0.3 is 4.52 Å². The van der Waals surface area contributed by atoms with Gasteiger partial charge in [-0.3, -0.25) is 4.90 Å². The molecule has 7 heteroatoms. The van der Waals surface area contributed by atoms with Gasteiger partial charge in [-0.2, -0.15) is 4.98 Å². The van der Waals surface area contributed by atoms with E-state index in [0.717, 1.165) is 35.6 Å². The standard InChI is InChI=1S/C23H23N5O.ClH/c1-17-24-13-11-21(25-17)19-9-6-10-20(15-19)23-26-22(29-27-23)16-28(2)14-12-18-7-4-3-5-8-18;/h3-11,13,15H,12,14,16H2,1-2H3;1H. The van der Waals surface area contributed by atoms with Crippen molar-refractivity contribution in [1.82, 2.24) is 25.0 Å². The van der Waals surface area contributed by atoms with Crippen LogP contribution >= 0.6 is 12.4 Å². The van der Waals surface area contributed by atoms with E-state index in [2.05, 4.69) is 56.3 Å². The van der Waals surface area contributed by atoms with Crippen LogP contribution in [0.25, 0.3) is 22.6 Å². The molecule has 0 atom stereocenters. The van der Waals surface area contributed by atoms with Gasteiger partial charge in [0.1, 0.15) is 5.82 Å². The normalized spacial score (nSPS) is 10.8. The van der Waals surface area contributed by atoms with Gasteiger partial charge in [0.25, 0.3) is 0 Å². The smallest absolute Gasteiger partial charge is 0.241 e. The highest BCUT2D eigenvalue weighted by Gasteiger charge is 2.12. The second kappa shape index (κ2) is 10.1. The molecule has 6 nitrogen and oxygen atoms in total. The molecular weight excluding hydrogens is 398 g/mol. The molecule has 2 aromatic heterocycles. The number of halogens is 1. The number of rotatable bonds is 7. The second-order valence-corrected chi connectivity index (χ2v) is 7.06. The summed E-state index contributed by atoms with van der Waals surface area (Å²) >= 11 is 0. The van der Waals surface area contributed by atoms with E-state index in [1.54, 1.807) is 6.20 Å². The molecule has 0 saturated carbocycles. The summed E-state index contributed by atoms with van der Waals surface area (Å²) in [6, 6.07) is 20.3. The van der Waals surface area contributed by atoms with Crippen LogP contribution in [0.15, 0.2) is 71.4 Å². The highest BCUT2D eigenvalue weighted by atomic mass is 35.5. The lowest BCUT2D eigenvalue weighted by atomic mass is 10.1. The SMILES string of the molecule is Cc1nccc(-c2cccc(-c3noc(CN(C)CCc4ccccc4)n3)c2)n1.Cl. The fraction of sp³-hybridized carbons (Fsp3) is 0.217. The minimum Gasteiger partial charge on any atom is -0.338 e. The molecule has 0 radical (unpaired) electrons. The van der Waals surface area contributed by atoms with Crippen LogP contribution in [0.2, 0.25) is 0 Å². The zero-order valence-corrected chi connectivity index (χ0v) is 17.8. The average Bonchev–Trinajstić information content (AvgIpc) is 3.22. The minimum atomic E-state index is 0. The van der Waals surface area contributed by atoms with Gasteiger partial charge in [0.05, 0.1) is 12.2 Å². The van der Waals surface area contributed by atoms with Crippen LogP contribution in [0.3, 0.4) is 0 Å². The summed E-state index contributed by atoms with van der Waals surface area (Å²) in [7, 11) is 2.06. The number of nitrogens with zero attached hydrogens (tertiary/aromatic N) is 5. The molecule has 0 aliphatic rings. The van der Waals surface area contributed by atoms with Gasteiger partial charge in [0.2, 0.25) is 11.7 Å². The first-order chi connectivity index (χ1) is 14.2. The Balaban J connectivity index is 0.00000256. The molecule has 0 aliphatic heterocycles. The van der Waals surface area contributed by atoms with Crippen LogP contribution in [-0.4, -0.2) is 38.6 Å². The maximum atomic E-state index is 5.48. The zero-order valence-electron chi connectivity index (χ0n) is 17.0. The van der Waals surface area contributed by atoms with Gasteiger partial charge in [0, 0.05) is 23.9 Å². The van der Waals surface area contributed by atoms with Crippen molar-refractivity contribution in [1.29, 1.82) is 0 Å². The Bertz CT molecular complexity index is 1080. The average molecular weight is 422 g/mol. The van der Waals surface area contributed by atoms with Gasteiger partial charge in [0.15, 0.2) is 0 Å². The summed E-state index contributed by atoms with van der Waals surface area (Å²) in [5.74, 6) is 1.94. The maximum absolute atomic E-state index is 5.48. The van der Waals surface area contributed by atoms with Crippen LogP contribution in [0.5, 0.6) is 0 Å². The van der Waals surface area contributed by atoms with E-state index in [4.69, 9.17) is 4.52 Å². The van der Waals surface area contributed by atoms with Crippen molar-refractivity contribution >= 4 is 12.4 Å². The molecule has 0 amide bonds. The van der Waals surface area contributed by atoms with E-state index < -0.39 is 0 Å². The Kier molecular flexibility index (Phi) is 7.27. The first-order valence-electron chi connectivity index (χ1n) is 9.63. The molecule has 4 rings (SSSR count). The van der Waals surface area contributed by atoms with Gasteiger partial charge in [-0.15, -0.1) is 12.4 Å². The topological polar surface area (TPSA) is 67.9 Å². The summed E-state index contributed by atoms with van der Waals surface area (Å²) < 4.78 is 5.48. The quantitative estimate of drug-likeness (QED) is 0.434. The molecule has 30 heavy (non-hydrogen) atoms. The number of benzene rings is 2. The third kappa shape index (κ3) is 5.49. The van der Waals surface area contributed by atoms with E-state index in [1.807, 2.05) is 43.3 Å². The Morgan fingerprint density at radius 2 is 1.73 bits per heavy atom. The van der Waals surface area contributed by atoms with E-state index in [1.165, 1.54) is 5.56 Å². The molecule has 0 aliphatic carbocycles. The number of aryl methyl sites for hydroxylation is 1. The molecule has 4 aromatic rings. The minimum absolute atomic E-state index is 0. The van der Waals surface area contributed by atoms with Gasteiger partial charge in [-0.1, -0.05) is 53.7 Å². The molecule has 0 bridgehead atoms. The van der Waals surface area contributed by atoms with Gasteiger partial charge in [-0.25, -0.2) is 9.97 Å². The van der Waals surface area contributed by atoms with Gasteiger partial charge >= 0.3 is 0 Å². The maximum Gasteiger partial charge on any atom is 0.241 e.